The van der Waals surface area contributed by atoms with E-state index in [-0.39, 0.29) is 0 Å². The molecule has 0 spiro atoms. The van der Waals surface area contributed by atoms with E-state index in [0.29, 0.717) is 30.9 Å². The Morgan fingerprint density at radius 2 is 2.00 bits per heavy atom. The number of nitrogens with zero attached hydrogens (tertiary/aromatic N) is 6. The fourth-order valence-electron chi connectivity index (χ4n) is 1.33. The lowest BCUT2D eigenvalue weighted by atomic mass is 10.4. The summed E-state index contributed by atoms with van der Waals surface area (Å²) < 4.78 is 1.44. The molecule has 2 aromatic heterocycles. The number of hydrogen-bond acceptors (Lipinski definition) is 8. The molecule has 0 amide bonds. The van der Waals surface area contributed by atoms with Gasteiger partial charge in [-0.05, 0) is 13.8 Å². The van der Waals surface area contributed by atoms with E-state index in [9.17, 15) is 5.11 Å². The predicted octanol–water partition coefficient (Wildman–Crippen LogP) is -0.323. The summed E-state index contributed by atoms with van der Waals surface area (Å²) in [5.74, 6) is 1.17. The first-order valence-corrected chi connectivity index (χ1v) is 5.96. The molecule has 9 heteroatoms. The maximum Gasteiger partial charge on any atom is 0.258 e. The molecule has 0 saturated heterocycles. The van der Waals surface area contributed by atoms with Crippen LogP contribution < -0.4 is 10.6 Å². The maximum atomic E-state index is 9.26. The highest BCUT2D eigenvalue weighted by Gasteiger charge is 2.08. The van der Waals surface area contributed by atoms with Gasteiger partial charge >= 0.3 is 0 Å². The minimum absolute atomic E-state index is 0.354. The van der Waals surface area contributed by atoms with Crippen LogP contribution in [-0.2, 0) is 0 Å². The van der Waals surface area contributed by atoms with Crippen molar-refractivity contribution < 1.29 is 5.11 Å². The van der Waals surface area contributed by atoms with E-state index in [2.05, 4.69) is 35.7 Å². The number of aliphatic hydroxyl groups excluding tert-OH is 1. The fourth-order valence-corrected chi connectivity index (χ4v) is 1.33. The minimum Gasteiger partial charge on any atom is -0.392 e. The number of nitrogens with one attached hydrogen (secondary N) is 2. The third-order valence-electron chi connectivity index (χ3n) is 2.14. The highest BCUT2D eigenvalue weighted by molar-refractivity contribution is 5.37. The van der Waals surface area contributed by atoms with E-state index in [1.54, 1.807) is 6.92 Å². The van der Waals surface area contributed by atoms with E-state index >= 15 is 0 Å². The molecule has 2 aromatic rings. The maximum absolute atomic E-state index is 9.26. The standard InChI is InChI=1S/C10H16N8O/c1-3-12-8-15-9(13-4-7(2)19)17-10(16-8)18-6-11-5-14-18/h5-7,19H,3-4H2,1-2H3,(H2,12,13,15,16,17). The van der Waals surface area contributed by atoms with E-state index in [0.717, 1.165) is 0 Å². The molecular weight excluding hydrogens is 248 g/mol. The summed E-state index contributed by atoms with van der Waals surface area (Å²) in [6.07, 6.45) is 2.41. The Morgan fingerprint density at radius 1 is 1.26 bits per heavy atom. The largest absolute Gasteiger partial charge is 0.392 e. The van der Waals surface area contributed by atoms with Gasteiger partial charge in [-0.1, -0.05) is 0 Å². The van der Waals surface area contributed by atoms with Crippen LogP contribution in [0.15, 0.2) is 12.7 Å². The molecule has 0 bridgehead atoms. The van der Waals surface area contributed by atoms with Crippen LogP contribution in [0.25, 0.3) is 5.95 Å². The normalized spacial score (nSPS) is 12.2. The van der Waals surface area contributed by atoms with Crippen LogP contribution in [-0.4, -0.2) is 54.0 Å². The molecule has 0 fully saturated rings. The Labute approximate surface area is 110 Å². The summed E-state index contributed by atoms with van der Waals surface area (Å²) in [5, 5.41) is 19.2. The molecule has 2 rings (SSSR count). The second kappa shape index (κ2) is 6.05. The van der Waals surface area contributed by atoms with Crippen LogP contribution in [0.4, 0.5) is 11.9 Å². The summed E-state index contributed by atoms with van der Waals surface area (Å²) in [7, 11) is 0. The second-order valence-corrected chi connectivity index (χ2v) is 3.88. The summed E-state index contributed by atoms with van der Waals surface area (Å²) >= 11 is 0. The number of anilines is 2. The van der Waals surface area contributed by atoms with Gasteiger partial charge in [-0.25, -0.2) is 4.98 Å². The molecule has 0 aliphatic heterocycles. The SMILES string of the molecule is CCNc1nc(NCC(C)O)nc(-n2cncn2)n1. The van der Waals surface area contributed by atoms with Gasteiger partial charge in [0.15, 0.2) is 0 Å². The molecule has 0 aliphatic carbocycles. The van der Waals surface area contributed by atoms with Crippen molar-refractivity contribution in [3.63, 3.8) is 0 Å². The number of rotatable bonds is 6. The van der Waals surface area contributed by atoms with Crippen LogP contribution in [0, 0.1) is 0 Å². The highest BCUT2D eigenvalue weighted by Crippen LogP contribution is 2.08. The van der Waals surface area contributed by atoms with Gasteiger partial charge in [-0.15, -0.1) is 0 Å². The summed E-state index contributed by atoms with van der Waals surface area (Å²) in [4.78, 5) is 16.5. The zero-order valence-corrected chi connectivity index (χ0v) is 10.8. The molecule has 2 heterocycles. The fraction of sp³-hybridized carbons (Fsp3) is 0.500. The van der Waals surface area contributed by atoms with Gasteiger partial charge in [0.05, 0.1) is 6.10 Å². The lowest BCUT2D eigenvalue weighted by molar-refractivity contribution is 0.208. The van der Waals surface area contributed by atoms with Crippen LogP contribution in [0.3, 0.4) is 0 Å². The smallest absolute Gasteiger partial charge is 0.258 e. The van der Waals surface area contributed by atoms with Crippen LogP contribution in [0.5, 0.6) is 0 Å². The number of hydrogen-bond donors (Lipinski definition) is 3. The van der Waals surface area contributed by atoms with Crippen LogP contribution >= 0.6 is 0 Å². The van der Waals surface area contributed by atoms with Gasteiger partial charge in [0.25, 0.3) is 5.95 Å². The third kappa shape index (κ3) is 3.58. The monoisotopic (exact) mass is 264 g/mol. The zero-order valence-electron chi connectivity index (χ0n) is 10.8. The van der Waals surface area contributed by atoms with Crippen molar-refractivity contribution in [3.05, 3.63) is 12.7 Å². The molecule has 0 saturated carbocycles. The van der Waals surface area contributed by atoms with Crippen LogP contribution in [0.1, 0.15) is 13.8 Å². The lowest BCUT2D eigenvalue weighted by Gasteiger charge is -2.10. The molecule has 0 radical (unpaired) electrons. The molecule has 0 aromatic carbocycles. The van der Waals surface area contributed by atoms with Crippen molar-refractivity contribution >= 4 is 11.9 Å². The first-order chi connectivity index (χ1) is 9.19. The number of aliphatic hydroxyl groups is 1. The Bertz CT molecular complexity index is 512. The van der Waals surface area contributed by atoms with E-state index < -0.39 is 6.10 Å². The van der Waals surface area contributed by atoms with Gasteiger partial charge in [0.2, 0.25) is 11.9 Å². The molecule has 3 N–H and O–H groups in total. The molecular formula is C10H16N8O. The van der Waals surface area contributed by atoms with Gasteiger partial charge in [0.1, 0.15) is 12.7 Å². The first kappa shape index (κ1) is 13.1. The third-order valence-corrected chi connectivity index (χ3v) is 2.14. The Hall–Kier alpha value is -2.29. The topological polar surface area (TPSA) is 114 Å². The first-order valence-electron chi connectivity index (χ1n) is 5.96. The van der Waals surface area contributed by atoms with Crippen molar-refractivity contribution in [3.8, 4) is 5.95 Å². The van der Waals surface area contributed by atoms with Gasteiger partial charge in [-0.2, -0.15) is 24.7 Å². The van der Waals surface area contributed by atoms with E-state index in [1.165, 1.54) is 17.3 Å². The minimum atomic E-state index is -0.492. The Balaban J connectivity index is 2.27. The predicted molar refractivity (Wildman–Crippen MR) is 69.1 cm³/mol. The average Bonchev–Trinajstić information content (AvgIpc) is 2.90. The molecule has 9 nitrogen and oxygen atoms in total. The van der Waals surface area contributed by atoms with Crippen molar-refractivity contribution in [2.75, 3.05) is 23.7 Å². The Morgan fingerprint density at radius 3 is 2.58 bits per heavy atom. The molecule has 1 atom stereocenters. The Kier molecular flexibility index (Phi) is 4.18. The van der Waals surface area contributed by atoms with Crippen molar-refractivity contribution in [2.45, 2.75) is 20.0 Å². The quantitative estimate of drug-likeness (QED) is 0.650. The number of aromatic nitrogens is 6. The van der Waals surface area contributed by atoms with Gasteiger partial charge in [0, 0.05) is 13.1 Å². The van der Waals surface area contributed by atoms with E-state index in [4.69, 9.17) is 0 Å². The zero-order chi connectivity index (χ0) is 13.7. The molecule has 0 aliphatic rings. The molecule has 1 unspecified atom stereocenters. The summed E-state index contributed by atoms with van der Waals surface area (Å²) in [6, 6.07) is 0. The highest BCUT2D eigenvalue weighted by atomic mass is 16.3. The van der Waals surface area contributed by atoms with E-state index in [1.807, 2.05) is 6.92 Å². The van der Waals surface area contributed by atoms with Gasteiger partial charge < -0.3 is 15.7 Å². The molecule has 19 heavy (non-hydrogen) atoms. The van der Waals surface area contributed by atoms with Crippen molar-refractivity contribution in [2.24, 2.45) is 0 Å². The van der Waals surface area contributed by atoms with Crippen molar-refractivity contribution in [1.29, 1.82) is 0 Å². The van der Waals surface area contributed by atoms with Crippen LogP contribution in [0.2, 0.25) is 0 Å². The van der Waals surface area contributed by atoms with Crippen molar-refractivity contribution in [1.82, 2.24) is 29.7 Å². The van der Waals surface area contributed by atoms with Gasteiger partial charge in [-0.3, -0.25) is 0 Å². The summed E-state index contributed by atoms with van der Waals surface area (Å²) in [6.45, 7) is 4.67. The second-order valence-electron chi connectivity index (χ2n) is 3.88. The summed E-state index contributed by atoms with van der Waals surface area (Å²) in [5.41, 5.74) is 0. The average molecular weight is 264 g/mol. The lowest BCUT2D eigenvalue weighted by Crippen LogP contribution is -2.19. The molecule has 102 valence electrons.